The van der Waals surface area contributed by atoms with Crippen LogP contribution in [0.25, 0.3) is 0 Å². The van der Waals surface area contributed by atoms with E-state index in [1.54, 1.807) is 54.4 Å². The van der Waals surface area contributed by atoms with Crippen LogP contribution in [0.4, 0.5) is 11.4 Å². The van der Waals surface area contributed by atoms with Crippen LogP contribution in [0.2, 0.25) is 10.0 Å². The molecular weight excluding hydrogens is 389 g/mol. The maximum absolute atomic E-state index is 12.2. The number of hydrogen-bond donors (Lipinski definition) is 2. The lowest BCUT2D eigenvalue weighted by atomic mass is 10.3. The fourth-order valence-electron chi connectivity index (χ4n) is 2.34. The molecule has 0 spiro atoms. The van der Waals surface area contributed by atoms with Crippen LogP contribution in [0.3, 0.4) is 0 Å². The van der Waals surface area contributed by atoms with Crippen LogP contribution in [-0.4, -0.2) is 43.5 Å². The maximum atomic E-state index is 12.2. The zero-order valence-electron chi connectivity index (χ0n) is 15.1. The highest BCUT2D eigenvalue weighted by molar-refractivity contribution is 6.39. The Morgan fingerprint density at radius 3 is 2.07 bits per heavy atom. The minimum atomic E-state index is -0.318. The molecule has 6 nitrogen and oxygen atoms in total. The summed E-state index contributed by atoms with van der Waals surface area (Å²) in [7, 11) is 1.67. The van der Waals surface area contributed by atoms with Crippen molar-refractivity contribution < 1.29 is 14.3 Å². The summed E-state index contributed by atoms with van der Waals surface area (Å²) < 4.78 is 5.36. The van der Waals surface area contributed by atoms with E-state index >= 15 is 0 Å². The number of halogens is 2. The summed E-state index contributed by atoms with van der Waals surface area (Å²) in [6.45, 7) is 2.55. The normalized spacial score (nSPS) is 10.6. The molecule has 0 fully saturated rings. The maximum Gasteiger partial charge on any atom is 0.238 e. The molecule has 2 aromatic carbocycles. The Labute approximate surface area is 168 Å². The molecule has 0 unspecified atom stereocenters. The standard InChI is InChI=1S/C19H21Cl2N3O3/c1-3-27-14-9-7-13(8-10-14)22-17(25)11-24(2)12-18(26)23-19-15(20)5-4-6-16(19)21/h4-10H,3,11-12H2,1-2H3,(H,22,25)(H,23,26). The SMILES string of the molecule is CCOc1ccc(NC(=O)CN(C)CC(=O)Nc2c(Cl)cccc2Cl)cc1. The zero-order valence-corrected chi connectivity index (χ0v) is 16.6. The Hall–Kier alpha value is -2.28. The molecule has 0 aliphatic heterocycles. The fraction of sp³-hybridized carbons (Fsp3) is 0.263. The van der Waals surface area contributed by atoms with Gasteiger partial charge in [-0.3, -0.25) is 14.5 Å². The Balaban J connectivity index is 1.82. The summed E-state index contributed by atoms with van der Waals surface area (Å²) in [5.74, 6) is 0.189. The highest BCUT2D eigenvalue weighted by Gasteiger charge is 2.14. The van der Waals surface area contributed by atoms with Crippen LogP contribution in [0.15, 0.2) is 42.5 Å². The van der Waals surface area contributed by atoms with Crippen molar-refractivity contribution in [2.45, 2.75) is 6.92 Å². The first-order valence-corrected chi connectivity index (χ1v) is 9.09. The first-order chi connectivity index (χ1) is 12.9. The lowest BCUT2D eigenvalue weighted by Crippen LogP contribution is -2.36. The topological polar surface area (TPSA) is 70.7 Å². The van der Waals surface area contributed by atoms with Gasteiger partial charge in [0.1, 0.15) is 5.75 Å². The van der Waals surface area contributed by atoms with Crippen LogP contribution >= 0.6 is 23.2 Å². The van der Waals surface area contributed by atoms with E-state index in [9.17, 15) is 9.59 Å². The fourth-order valence-corrected chi connectivity index (χ4v) is 2.84. The number of ether oxygens (including phenoxy) is 1. The lowest BCUT2D eigenvalue weighted by Gasteiger charge is -2.17. The summed E-state index contributed by atoms with van der Waals surface area (Å²) in [6.07, 6.45) is 0. The molecule has 8 heteroatoms. The quantitative estimate of drug-likeness (QED) is 0.693. The van der Waals surface area contributed by atoms with E-state index in [2.05, 4.69) is 10.6 Å². The van der Waals surface area contributed by atoms with E-state index in [0.717, 1.165) is 5.75 Å². The minimum absolute atomic E-state index is 0.0122. The van der Waals surface area contributed by atoms with Crippen molar-refractivity contribution in [2.24, 2.45) is 0 Å². The number of anilines is 2. The number of carbonyl (C=O) groups is 2. The smallest absolute Gasteiger partial charge is 0.238 e. The number of amides is 2. The zero-order chi connectivity index (χ0) is 19.8. The van der Waals surface area contributed by atoms with E-state index in [1.165, 1.54) is 0 Å². The number of hydrogen-bond acceptors (Lipinski definition) is 4. The highest BCUT2D eigenvalue weighted by atomic mass is 35.5. The largest absolute Gasteiger partial charge is 0.494 e. The Morgan fingerprint density at radius 2 is 1.52 bits per heavy atom. The summed E-state index contributed by atoms with van der Waals surface area (Å²) in [5.41, 5.74) is 1.02. The van der Waals surface area contributed by atoms with Gasteiger partial charge >= 0.3 is 0 Å². The third kappa shape index (κ3) is 6.75. The van der Waals surface area contributed by atoms with Crippen LogP contribution in [0.5, 0.6) is 5.75 Å². The van der Waals surface area contributed by atoms with E-state index in [-0.39, 0.29) is 24.9 Å². The van der Waals surface area contributed by atoms with Gasteiger partial charge in [0.2, 0.25) is 11.8 Å². The van der Waals surface area contributed by atoms with Gasteiger partial charge in [0, 0.05) is 5.69 Å². The first kappa shape index (κ1) is 21.0. The van der Waals surface area contributed by atoms with Crippen molar-refractivity contribution in [3.63, 3.8) is 0 Å². The second-order valence-corrected chi connectivity index (χ2v) is 6.64. The number of benzene rings is 2. The monoisotopic (exact) mass is 409 g/mol. The predicted octanol–water partition coefficient (Wildman–Crippen LogP) is 3.90. The summed E-state index contributed by atoms with van der Waals surface area (Å²) in [5, 5.41) is 6.14. The van der Waals surface area contributed by atoms with Crippen molar-refractivity contribution in [2.75, 3.05) is 37.4 Å². The van der Waals surface area contributed by atoms with Crippen molar-refractivity contribution in [3.8, 4) is 5.75 Å². The van der Waals surface area contributed by atoms with Crippen molar-refractivity contribution >= 4 is 46.4 Å². The number of nitrogens with one attached hydrogen (secondary N) is 2. The molecule has 2 amide bonds. The summed E-state index contributed by atoms with van der Waals surface area (Å²) in [4.78, 5) is 25.9. The van der Waals surface area contributed by atoms with Gasteiger partial charge in [-0.2, -0.15) is 0 Å². The molecule has 144 valence electrons. The molecule has 27 heavy (non-hydrogen) atoms. The van der Waals surface area contributed by atoms with E-state index in [4.69, 9.17) is 27.9 Å². The molecule has 0 saturated heterocycles. The summed E-state index contributed by atoms with van der Waals surface area (Å²) in [6, 6.07) is 12.0. The van der Waals surface area contributed by atoms with Crippen molar-refractivity contribution in [1.29, 1.82) is 0 Å². The van der Waals surface area contributed by atoms with Gasteiger partial charge in [0.05, 0.1) is 35.4 Å². The van der Waals surface area contributed by atoms with E-state index in [1.807, 2.05) is 6.92 Å². The Morgan fingerprint density at radius 1 is 0.963 bits per heavy atom. The van der Waals surface area contributed by atoms with Gasteiger partial charge in [0.25, 0.3) is 0 Å². The highest BCUT2D eigenvalue weighted by Crippen LogP contribution is 2.29. The average molecular weight is 410 g/mol. The number of nitrogens with zero attached hydrogens (tertiary/aromatic N) is 1. The molecule has 0 atom stereocenters. The Bertz CT molecular complexity index is 777. The molecule has 0 saturated carbocycles. The molecule has 0 aliphatic carbocycles. The van der Waals surface area contributed by atoms with Gasteiger partial charge in [-0.25, -0.2) is 0 Å². The second kappa shape index (κ2) is 10.2. The minimum Gasteiger partial charge on any atom is -0.494 e. The van der Waals surface area contributed by atoms with Gasteiger partial charge in [0.15, 0.2) is 0 Å². The summed E-state index contributed by atoms with van der Waals surface area (Å²) >= 11 is 12.1. The lowest BCUT2D eigenvalue weighted by molar-refractivity contribution is -0.119. The van der Waals surface area contributed by atoms with Crippen molar-refractivity contribution in [1.82, 2.24) is 4.90 Å². The second-order valence-electron chi connectivity index (χ2n) is 5.82. The number of rotatable bonds is 8. The van der Waals surface area contributed by atoms with Gasteiger partial charge in [-0.1, -0.05) is 29.3 Å². The Kier molecular flexibility index (Phi) is 7.91. The third-order valence-electron chi connectivity index (χ3n) is 3.50. The number of para-hydroxylation sites is 1. The van der Waals surface area contributed by atoms with Crippen LogP contribution in [-0.2, 0) is 9.59 Å². The van der Waals surface area contributed by atoms with Gasteiger partial charge in [-0.15, -0.1) is 0 Å². The molecule has 2 N–H and O–H groups in total. The molecule has 2 rings (SSSR count). The average Bonchev–Trinajstić information content (AvgIpc) is 2.60. The molecule has 0 heterocycles. The van der Waals surface area contributed by atoms with Gasteiger partial charge < -0.3 is 15.4 Å². The van der Waals surface area contributed by atoms with Crippen LogP contribution in [0.1, 0.15) is 6.92 Å². The predicted molar refractivity (Wildman–Crippen MR) is 109 cm³/mol. The molecule has 2 aromatic rings. The number of carbonyl (C=O) groups excluding carboxylic acids is 2. The molecule has 0 bridgehead atoms. The number of likely N-dealkylation sites (N-methyl/N-ethyl adjacent to an activating group) is 1. The van der Waals surface area contributed by atoms with Crippen LogP contribution in [0, 0.1) is 0 Å². The third-order valence-corrected chi connectivity index (χ3v) is 4.13. The molecule has 0 aliphatic rings. The van der Waals surface area contributed by atoms with Crippen molar-refractivity contribution in [3.05, 3.63) is 52.5 Å². The molecule has 0 radical (unpaired) electrons. The van der Waals surface area contributed by atoms with Crippen LogP contribution < -0.4 is 15.4 Å². The molecule has 0 aromatic heterocycles. The van der Waals surface area contributed by atoms with E-state index < -0.39 is 0 Å². The van der Waals surface area contributed by atoms with Gasteiger partial charge in [-0.05, 0) is 50.4 Å². The molecular formula is C19H21Cl2N3O3. The van der Waals surface area contributed by atoms with E-state index in [0.29, 0.717) is 28.0 Å². The first-order valence-electron chi connectivity index (χ1n) is 8.34.